The van der Waals surface area contributed by atoms with Gasteiger partial charge in [0.2, 0.25) is 5.88 Å². The number of hydrogen-bond donors (Lipinski definition) is 0. The van der Waals surface area contributed by atoms with Gasteiger partial charge in [-0.15, -0.1) is 0 Å². The van der Waals surface area contributed by atoms with Crippen molar-refractivity contribution in [1.29, 1.82) is 0 Å². The summed E-state index contributed by atoms with van der Waals surface area (Å²) >= 11 is 0. The van der Waals surface area contributed by atoms with E-state index in [1.165, 1.54) is 4.90 Å². The van der Waals surface area contributed by atoms with Crippen LogP contribution in [0.5, 0.6) is 5.88 Å². The number of nitrogens with zero attached hydrogens (tertiary/aromatic N) is 6. The Morgan fingerprint density at radius 3 is 2.23 bits per heavy atom. The summed E-state index contributed by atoms with van der Waals surface area (Å²) in [5.74, 6) is 0.370. The first-order chi connectivity index (χ1) is 27.6. The van der Waals surface area contributed by atoms with E-state index in [1.807, 2.05) is 72.9 Å². The van der Waals surface area contributed by atoms with Crippen LogP contribution in [0.3, 0.4) is 0 Å². The van der Waals surface area contributed by atoms with Gasteiger partial charge in [-0.05, 0) is 48.4 Å². The number of carbonyl (C=O) groups is 2. The number of imidazole rings is 1. The van der Waals surface area contributed by atoms with Crippen molar-refractivity contribution in [3.8, 4) is 17.1 Å². The zero-order chi connectivity index (χ0) is 39.8. The summed E-state index contributed by atoms with van der Waals surface area (Å²) in [7, 11) is 1.55. The van der Waals surface area contributed by atoms with E-state index in [0.717, 1.165) is 55.0 Å². The number of furan rings is 1. The summed E-state index contributed by atoms with van der Waals surface area (Å²) in [4.78, 5) is 42.9. The van der Waals surface area contributed by atoms with Crippen molar-refractivity contribution >= 4 is 17.6 Å². The number of ether oxygens (including phenoxy) is 2. The predicted octanol–water partition coefficient (Wildman–Crippen LogP) is 7.49. The minimum absolute atomic E-state index is 0.0994. The van der Waals surface area contributed by atoms with Gasteiger partial charge in [0.15, 0.2) is 5.65 Å². The van der Waals surface area contributed by atoms with Crippen molar-refractivity contribution in [2.45, 2.75) is 25.4 Å². The molecule has 4 heterocycles. The van der Waals surface area contributed by atoms with Gasteiger partial charge in [-0.1, -0.05) is 60.7 Å². The average molecular weight is 781 g/mol. The number of benzene rings is 3. The largest absolute Gasteiger partial charge is 0.469 e. The maximum atomic E-state index is 14.4. The van der Waals surface area contributed by atoms with Gasteiger partial charge in [0.25, 0.3) is 5.91 Å². The van der Waals surface area contributed by atoms with E-state index < -0.39 is 23.7 Å². The molecule has 7 rings (SSSR count). The fourth-order valence-corrected chi connectivity index (χ4v) is 6.74. The average Bonchev–Trinajstić information content (AvgIpc) is 3.87. The second-order valence-electron chi connectivity index (χ2n) is 13.9. The summed E-state index contributed by atoms with van der Waals surface area (Å²) in [5, 5.41) is 0. The molecule has 0 bridgehead atoms. The van der Waals surface area contributed by atoms with Gasteiger partial charge in [0, 0.05) is 70.1 Å². The van der Waals surface area contributed by atoms with E-state index in [0.29, 0.717) is 61.1 Å². The molecule has 0 unspecified atom stereocenters. The van der Waals surface area contributed by atoms with Gasteiger partial charge in [-0.3, -0.25) is 14.1 Å². The van der Waals surface area contributed by atoms with Gasteiger partial charge in [-0.25, -0.2) is 14.8 Å². The molecule has 1 saturated heterocycles. The summed E-state index contributed by atoms with van der Waals surface area (Å²) in [6, 6.07) is 27.4. The van der Waals surface area contributed by atoms with Crippen LogP contribution in [0.1, 0.15) is 45.1 Å². The number of fused-ring (bicyclic) bond motifs is 1. The molecule has 0 radical (unpaired) electrons. The summed E-state index contributed by atoms with van der Waals surface area (Å²) < 4.78 is 58.8. The van der Waals surface area contributed by atoms with Crippen LogP contribution in [0.25, 0.3) is 16.9 Å². The second-order valence-corrected chi connectivity index (χ2v) is 13.9. The van der Waals surface area contributed by atoms with Crippen LogP contribution >= 0.6 is 0 Å². The number of rotatable bonds is 14. The molecule has 14 heteroatoms. The Bertz CT molecular complexity index is 2240. The maximum Gasteiger partial charge on any atom is 0.416 e. The molecule has 0 saturated carbocycles. The zero-order valence-corrected chi connectivity index (χ0v) is 31.5. The SMILES string of the molecule is CN(CCN(CCCN1CCOCC1)C(=O)Oc1c(Cc2ccco2)nc2c(Cc3ccccc3)nc(-c3ccccc3)cn12)C(=O)c1ccc(C(F)(F)F)cc1. The third-order valence-corrected chi connectivity index (χ3v) is 9.86. The van der Waals surface area contributed by atoms with Crippen molar-refractivity contribution in [3.63, 3.8) is 0 Å². The van der Waals surface area contributed by atoms with Crippen molar-refractivity contribution in [3.05, 3.63) is 143 Å². The smallest absolute Gasteiger partial charge is 0.416 e. The van der Waals surface area contributed by atoms with Gasteiger partial charge >= 0.3 is 12.3 Å². The molecule has 0 N–H and O–H groups in total. The molecule has 11 nitrogen and oxygen atoms in total. The van der Waals surface area contributed by atoms with E-state index in [4.69, 9.17) is 23.9 Å². The minimum atomic E-state index is -4.52. The molecule has 6 aromatic rings. The van der Waals surface area contributed by atoms with E-state index in [-0.39, 0.29) is 31.0 Å². The molecule has 0 spiro atoms. The minimum Gasteiger partial charge on any atom is -0.469 e. The number of alkyl halides is 3. The molecule has 3 aromatic carbocycles. The van der Waals surface area contributed by atoms with Crippen LogP contribution in [-0.2, 0) is 23.8 Å². The lowest BCUT2D eigenvalue weighted by Gasteiger charge is -2.29. The fraction of sp³-hybridized carbons (Fsp3) is 0.302. The molecular weight excluding hydrogens is 738 g/mol. The Balaban J connectivity index is 1.20. The standard InChI is InChI=1S/C43H43F3N6O5/c1-49(40(53)33-15-17-34(18-16-33)43(44,45)46)21-22-51(20-9-19-50-23-26-55-27-24-50)42(54)57-41-37(29-35-14-8-25-56-35)48-39-36(28-31-10-4-2-5-11-31)47-38(30-52(39)41)32-12-6-3-7-13-32/h2-8,10-18,25,30H,9,19-24,26-29H2,1H3. The quantitative estimate of drug-likeness (QED) is 0.112. The molecule has 1 fully saturated rings. The Morgan fingerprint density at radius 1 is 0.825 bits per heavy atom. The third kappa shape index (κ3) is 9.88. The summed E-state index contributed by atoms with van der Waals surface area (Å²) in [5.41, 5.74) is 3.54. The highest BCUT2D eigenvalue weighted by molar-refractivity contribution is 5.94. The number of halogens is 3. The number of aromatic nitrogens is 3. The van der Waals surface area contributed by atoms with Crippen molar-refractivity contribution < 1.29 is 36.7 Å². The topological polar surface area (TPSA) is 106 Å². The van der Waals surface area contributed by atoms with E-state index in [9.17, 15) is 22.8 Å². The molecule has 0 aliphatic carbocycles. The Labute approximate surface area is 328 Å². The van der Waals surface area contributed by atoms with Crippen LogP contribution in [-0.4, -0.2) is 101 Å². The van der Waals surface area contributed by atoms with Crippen LogP contribution in [0.4, 0.5) is 18.0 Å². The highest BCUT2D eigenvalue weighted by Crippen LogP contribution is 2.31. The third-order valence-electron chi connectivity index (χ3n) is 9.86. The molecule has 0 atom stereocenters. The first-order valence-electron chi connectivity index (χ1n) is 18.8. The summed E-state index contributed by atoms with van der Waals surface area (Å²) in [6.45, 7) is 4.10. The van der Waals surface area contributed by atoms with E-state index >= 15 is 0 Å². The summed E-state index contributed by atoms with van der Waals surface area (Å²) in [6.07, 6.45) is -0.422. The first kappa shape index (κ1) is 39.3. The molecule has 1 aliphatic heterocycles. The van der Waals surface area contributed by atoms with Gasteiger partial charge < -0.3 is 23.7 Å². The number of hydrogen-bond acceptors (Lipinski definition) is 8. The number of amides is 2. The molecule has 3 aromatic heterocycles. The number of carbonyl (C=O) groups excluding carboxylic acids is 2. The highest BCUT2D eigenvalue weighted by atomic mass is 19.4. The lowest BCUT2D eigenvalue weighted by molar-refractivity contribution is -0.137. The second kappa shape index (κ2) is 17.9. The van der Waals surface area contributed by atoms with Crippen molar-refractivity contribution in [2.75, 3.05) is 59.5 Å². The van der Waals surface area contributed by atoms with Gasteiger partial charge in [0.1, 0.15) is 11.5 Å². The lowest BCUT2D eigenvalue weighted by Crippen LogP contribution is -2.43. The fourth-order valence-electron chi connectivity index (χ4n) is 6.74. The zero-order valence-electron chi connectivity index (χ0n) is 31.5. The Hall–Kier alpha value is -5.99. The van der Waals surface area contributed by atoms with E-state index in [1.54, 1.807) is 28.7 Å². The van der Waals surface area contributed by atoms with Crippen molar-refractivity contribution in [1.82, 2.24) is 29.1 Å². The van der Waals surface area contributed by atoms with E-state index in [2.05, 4.69) is 4.90 Å². The number of likely N-dealkylation sites (N-methyl/N-ethyl adjacent to an activating group) is 1. The predicted molar refractivity (Wildman–Crippen MR) is 207 cm³/mol. The van der Waals surface area contributed by atoms with Gasteiger partial charge in [-0.2, -0.15) is 13.2 Å². The monoisotopic (exact) mass is 780 g/mol. The molecule has 57 heavy (non-hydrogen) atoms. The molecule has 1 aliphatic rings. The van der Waals surface area contributed by atoms with Crippen LogP contribution in [0.2, 0.25) is 0 Å². The van der Waals surface area contributed by atoms with Crippen LogP contribution in [0.15, 0.2) is 114 Å². The Kier molecular flexibility index (Phi) is 12.3. The Morgan fingerprint density at radius 2 is 1.54 bits per heavy atom. The van der Waals surface area contributed by atoms with Crippen LogP contribution < -0.4 is 4.74 Å². The normalized spacial score (nSPS) is 13.5. The van der Waals surface area contributed by atoms with Crippen LogP contribution in [0, 0.1) is 0 Å². The number of morpholine rings is 1. The molecule has 296 valence electrons. The first-order valence-corrected chi connectivity index (χ1v) is 18.8. The maximum absolute atomic E-state index is 14.4. The molecular formula is C43H43F3N6O5. The molecule has 2 amide bonds. The highest BCUT2D eigenvalue weighted by Gasteiger charge is 2.31. The van der Waals surface area contributed by atoms with Gasteiger partial charge in [0.05, 0.1) is 42.8 Å². The lowest BCUT2D eigenvalue weighted by atomic mass is 10.1. The van der Waals surface area contributed by atoms with Crippen molar-refractivity contribution in [2.24, 2.45) is 0 Å².